The molecule has 0 aliphatic heterocycles. The van der Waals surface area contributed by atoms with Gasteiger partial charge in [0.2, 0.25) is 0 Å². The minimum atomic E-state index is -0.675. The molecule has 0 aromatic rings. The molecule has 1 aliphatic carbocycles. The van der Waals surface area contributed by atoms with E-state index >= 15 is 0 Å². The highest BCUT2D eigenvalue weighted by Gasteiger charge is 2.35. The van der Waals surface area contributed by atoms with Crippen molar-refractivity contribution in [3.05, 3.63) is 0 Å². The van der Waals surface area contributed by atoms with E-state index in [9.17, 15) is 4.79 Å². The van der Waals surface area contributed by atoms with Gasteiger partial charge in [0.05, 0.1) is 5.92 Å². The maximum Gasteiger partial charge on any atom is 0.307 e. The van der Waals surface area contributed by atoms with Gasteiger partial charge in [0.1, 0.15) is 0 Å². The van der Waals surface area contributed by atoms with Gasteiger partial charge < -0.3 is 10.0 Å². The van der Waals surface area contributed by atoms with Crippen LogP contribution in [0, 0.1) is 11.8 Å². The number of aliphatic carboxylic acids is 1. The first kappa shape index (κ1) is 10.5. The lowest BCUT2D eigenvalue weighted by molar-refractivity contribution is -0.144. The number of hydrogen-bond acceptors (Lipinski definition) is 2. The Labute approximate surface area is 79.7 Å². The van der Waals surface area contributed by atoms with Gasteiger partial charge in [0.15, 0.2) is 0 Å². The van der Waals surface area contributed by atoms with Gasteiger partial charge in [-0.05, 0) is 32.9 Å². The summed E-state index contributed by atoms with van der Waals surface area (Å²) in [6.45, 7) is 1.81. The van der Waals surface area contributed by atoms with Gasteiger partial charge in [-0.3, -0.25) is 4.79 Å². The second-order valence-corrected chi connectivity index (χ2v) is 4.27. The molecule has 13 heavy (non-hydrogen) atoms. The summed E-state index contributed by atoms with van der Waals surface area (Å²) in [7, 11) is 3.95. The van der Waals surface area contributed by atoms with Gasteiger partial charge in [0, 0.05) is 6.04 Å². The molecule has 2 atom stereocenters. The van der Waals surface area contributed by atoms with Crippen LogP contribution in [0.4, 0.5) is 0 Å². The molecule has 3 nitrogen and oxygen atoms in total. The highest BCUT2D eigenvalue weighted by molar-refractivity contribution is 5.70. The molecule has 76 valence electrons. The first-order chi connectivity index (χ1) is 6.04. The van der Waals surface area contributed by atoms with E-state index in [1.165, 1.54) is 19.3 Å². The number of nitrogens with zero attached hydrogens (tertiary/aromatic N) is 1. The summed E-state index contributed by atoms with van der Waals surface area (Å²) >= 11 is 0. The van der Waals surface area contributed by atoms with Gasteiger partial charge in [-0.15, -0.1) is 0 Å². The lowest BCUT2D eigenvalue weighted by Crippen LogP contribution is -2.45. The van der Waals surface area contributed by atoms with Crippen LogP contribution in [0.15, 0.2) is 0 Å². The van der Waals surface area contributed by atoms with Gasteiger partial charge in [0.25, 0.3) is 0 Å². The van der Waals surface area contributed by atoms with E-state index in [2.05, 4.69) is 4.90 Å². The van der Waals surface area contributed by atoms with E-state index in [0.29, 0.717) is 5.92 Å². The molecule has 2 unspecified atom stereocenters. The lowest BCUT2D eigenvalue weighted by Gasteiger charge is -2.40. The summed E-state index contributed by atoms with van der Waals surface area (Å²) in [5.74, 6) is -0.327. The van der Waals surface area contributed by atoms with Crippen molar-refractivity contribution in [2.24, 2.45) is 11.8 Å². The number of carboxylic acid groups (broad SMARTS) is 1. The molecule has 1 N–H and O–H groups in total. The summed E-state index contributed by atoms with van der Waals surface area (Å²) in [4.78, 5) is 12.9. The van der Waals surface area contributed by atoms with Crippen LogP contribution in [0.1, 0.15) is 26.2 Å². The molecule has 0 aromatic heterocycles. The number of carbonyl (C=O) groups is 1. The maximum absolute atomic E-state index is 10.9. The largest absolute Gasteiger partial charge is 0.481 e. The second-order valence-electron chi connectivity index (χ2n) is 4.27. The Morgan fingerprint density at radius 1 is 1.46 bits per heavy atom. The molecule has 0 bridgehead atoms. The summed E-state index contributed by atoms with van der Waals surface area (Å²) in [5.41, 5.74) is 0. The smallest absolute Gasteiger partial charge is 0.307 e. The normalized spacial score (nSPS) is 22.5. The van der Waals surface area contributed by atoms with E-state index in [1.54, 1.807) is 0 Å². The summed E-state index contributed by atoms with van der Waals surface area (Å²) < 4.78 is 0. The Morgan fingerprint density at radius 3 is 2.23 bits per heavy atom. The topological polar surface area (TPSA) is 40.5 Å². The van der Waals surface area contributed by atoms with Crippen molar-refractivity contribution in [3.63, 3.8) is 0 Å². The van der Waals surface area contributed by atoms with Crippen molar-refractivity contribution in [1.82, 2.24) is 4.90 Å². The predicted octanol–water partition coefficient (Wildman–Crippen LogP) is 1.44. The third-order valence-corrected chi connectivity index (χ3v) is 3.13. The third-order valence-electron chi connectivity index (χ3n) is 3.13. The van der Waals surface area contributed by atoms with Gasteiger partial charge in [-0.1, -0.05) is 13.3 Å². The minimum absolute atomic E-state index is 0.214. The van der Waals surface area contributed by atoms with Crippen molar-refractivity contribution < 1.29 is 9.90 Å². The Bertz CT molecular complexity index is 187. The molecule has 1 aliphatic rings. The highest BCUT2D eigenvalue weighted by Crippen LogP contribution is 2.34. The standard InChI is InChI=1S/C10H19NO2/c1-7(10(12)13)9(11(2)3)8-5-4-6-8/h7-9H,4-6H2,1-3H3,(H,12,13). The van der Waals surface area contributed by atoms with Gasteiger partial charge in [-0.25, -0.2) is 0 Å². The van der Waals surface area contributed by atoms with E-state index in [1.807, 2.05) is 21.0 Å². The first-order valence-corrected chi connectivity index (χ1v) is 4.93. The maximum atomic E-state index is 10.9. The van der Waals surface area contributed by atoms with Crippen molar-refractivity contribution in [3.8, 4) is 0 Å². The number of hydrogen-bond donors (Lipinski definition) is 1. The van der Waals surface area contributed by atoms with E-state index in [-0.39, 0.29) is 12.0 Å². The van der Waals surface area contributed by atoms with Crippen molar-refractivity contribution in [2.45, 2.75) is 32.2 Å². The second kappa shape index (κ2) is 4.09. The Hall–Kier alpha value is -0.570. The van der Waals surface area contributed by atoms with Crippen LogP contribution in [0.5, 0.6) is 0 Å². The van der Waals surface area contributed by atoms with Gasteiger partial charge >= 0.3 is 5.97 Å². The molecule has 1 saturated carbocycles. The van der Waals surface area contributed by atoms with Crippen molar-refractivity contribution in [1.29, 1.82) is 0 Å². The number of carboxylic acids is 1. The van der Waals surface area contributed by atoms with Crippen LogP contribution in [-0.4, -0.2) is 36.1 Å². The zero-order chi connectivity index (χ0) is 10.0. The molecule has 3 heteroatoms. The molecule has 1 rings (SSSR count). The molecule has 0 spiro atoms. The highest BCUT2D eigenvalue weighted by atomic mass is 16.4. The molecule has 0 saturated heterocycles. The average Bonchev–Trinajstić information content (AvgIpc) is 1.94. The average molecular weight is 185 g/mol. The molecule has 0 radical (unpaired) electrons. The quantitative estimate of drug-likeness (QED) is 0.720. The van der Waals surface area contributed by atoms with E-state index < -0.39 is 5.97 Å². The molecule has 0 heterocycles. The molecule has 1 fully saturated rings. The molecule has 0 aromatic carbocycles. The van der Waals surface area contributed by atoms with E-state index in [0.717, 1.165) is 0 Å². The van der Waals surface area contributed by atoms with Crippen LogP contribution in [0.25, 0.3) is 0 Å². The van der Waals surface area contributed by atoms with Crippen LogP contribution >= 0.6 is 0 Å². The minimum Gasteiger partial charge on any atom is -0.481 e. The Kier molecular flexibility index (Phi) is 3.31. The zero-order valence-corrected chi connectivity index (χ0v) is 8.66. The Balaban J connectivity index is 2.60. The van der Waals surface area contributed by atoms with Crippen LogP contribution < -0.4 is 0 Å². The molecule has 0 amide bonds. The fourth-order valence-electron chi connectivity index (χ4n) is 2.20. The summed E-state index contributed by atoms with van der Waals surface area (Å²) in [5, 5.41) is 8.94. The predicted molar refractivity (Wildman–Crippen MR) is 51.6 cm³/mol. The van der Waals surface area contributed by atoms with Gasteiger partial charge in [-0.2, -0.15) is 0 Å². The monoisotopic (exact) mass is 185 g/mol. The third kappa shape index (κ3) is 2.21. The van der Waals surface area contributed by atoms with Crippen molar-refractivity contribution in [2.75, 3.05) is 14.1 Å². The SMILES string of the molecule is CC(C(=O)O)C(C1CCC1)N(C)C. The number of rotatable bonds is 4. The van der Waals surface area contributed by atoms with E-state index in [4.69, 9.17) is 5.11 Å². The Morgan fingerprint density at radius 2 is 2.00 bits per heavy atom. The fourth-order valence-corrected chi connectivity index (χ4v) is 2.20. The van der Waals surface area contributed by atoms with Crippen molar-refractivity contribution >= 4 is 5.97 Å². The molecular weight excluding hydrogens is 166 g/mol. The zero-order valence-electron chi connectivity index (χ0n) is 8.66. The van der Waals surface area contributed by atoms with Crippen LogP contribution in [0.3, 0.4) is 0 Å². The summed E-state index contributed by atoms with van der Waals surface area (Å²) in [6.07, 6.45) is 3.66. The summed E-state index contributed by atoms with van der Waals surface area (Å²) in [6, 6.07) is 0.214. The van der Waals surface area contributed by atoms with Crippen LogP contribution in [0.2, 0.25) is 0 Å². The molecular formula is C10H19NO2. The van der Waals surface area contributed by atoms with Crippen LogP contribution in [-0.2, 0) is 4.79 Å². The lowest BCUT2D eigenvalue weighted by atomic mass is 9.75. The fraction of sp³-hybridized carbons (Fsp3) is 0.900. The first-order valence-electron chi connectivity index (χ1n) is 4.93.